The zero-order valence-electron chi connectivity index (χ0n) is 14.8. The number of piperidine rings is 1. The van der Waals surface area contributed by atoms with Gasteiger partial charge >= 0.3 is 0 Å². The summed E-state index contributed by atoms with van der Waals surface area (Å²) in [7, 11) is 0. The van der Waals surface area contributed by atoms with Crippen molar-refractivity contribution in [1.29, 1.82) is 5.26 Å². The number of aromatic nitrogens is 2. The van der Waals surface area contributed by atoms with Crippen molar-refractivity contribution in [2.75, 3.05) is 13.1 Å². The van der Waals surface area contributed by atoms with Crippen molar-refractivity contribution in [3.8, 4) is 6.07 Å². The Labute approximate surface area is 153 Å². The molecule has 132 valence electrons. The first-order valence-electron chi connectivity index (χ1n) is 9.18. The molecule has 1 aliphatic rings. The van der Waals surface area contributed by atoms with Gasteiger partial charge in [0.25, 0.3) is 0 Å². The largest absolute Gasteiger partial charge is 0.310 e. The Morgan fingerprint density at radius 1 is 1.12 bits per heavy atom. The van der Waals surface area contributed by atoms with Crippen LogP contribution in [0.15, 0.2) is 54.9 Å². The minimum absolute atomic E-state index is 0.561. The zero-order valence-corrected chi connectivity index (χ0v) is 14.8. The van der Waals surface area contributed by atoms with Crippen molar-refractivity contribution in [2.24, 2.45) is 0 Å². The van der Waals surface area contributed by atoms with Crippen LogP contribution in [0.2, 0.25) is 0 Å². The molecular weight excluding hydrogens is 322 g/mol. The summed E-state index contributed by atoms with van der Waals surface area (Å²) in [5, 5.41) is 17.0. The van der Waals surface area contributed by atoms with Crippen LogP contribution in [0.3, 0.4) is 0 Å². The van der Waals surface area contributed by atoms with Crippen molar-refractivity contribution in [2.45, 2.75) is 32.0 Å². The first-order valence-corrected chi connectivity index (χ1v) is 9.18. The van der Waals surface area contributed by atoms with Crippen LogP contribution in [0.25, 0.3) is 5.52 Å². The van der Waals surface area contributed by atoms with Crippen molar-refractivity contribution in [1.82, 2.24) is 19.8 Å². The maximum Gasteiger partial charge on any atom is 0.0991 e. The van der Waals surface area contributed by atoms with Gasteiger partial charge in [0.15, 0.2) is 0 Å². The molecule has 26 heavy (non-hydrogen) atoms. The van der Waals surface area contributed by atoms with E-state index in [0.717, 1.165) is 44.6 Å². The topological polar surface area (TPSA) is 56.4 Å². The predicted octanol–water partition coefficient (Wildman–Crippen LogP) is 2.96. The minimum atomic E-state index is 0.561. The molecule has 1 saturated heterocycles. The van der Waals surface area contributed by atoms with Crippen molar-refractivity contribution < 1.29 is 0 Å². The van der Waals surface area contributed by atoms with Gasteiger partial charge in [0.05, 0.1) is 23.3 Å². The number of hydrogen-bond donors (Lipinski definition) is 1. The smallest absolute Gasteiger partial charge is 0.0991 e. The fraction of sp³-hybridized carbons (Fsp3) is 0.333. The molecule has 0 aliphatic carbocycles. The SMILES string of the molecule is N#Cc1ccc(CN2CCC(NCc3cnn4ccccc34)CC2)cc1. The summed E-state index contributed by atoms with van der Waals surface area (Å²) in [5.74, 6) is 0. The summed E-state index contributed by atoms with van der Waals surface area (Å²) in [6.07, 6.45) is 6.27. The molecule has 5 heteroatoms. The van der Waals surface area contributed by atoms with Crippen LogP contribution in [-0.4, -0.2) is 33.6 Å². The minimum Gasteiger partial charge on any atom is -0.310 e. The molecule has 0 amide bonds. The molecule has 1 N–H and O–H groups in total. The quantitative estimate of drug-likeness (QED) is 0.772. The van der Waals surface area contributed by atoms with Gasteiger partial charge < -0.3 is 5.32 Å². The molecule has 3 aromatic rings. The third-order valence-corrected chi connectivity index (χ3v) is 5.16. The molecule has 4 rings (SSSR count). The molecule has 5 nitrogen and oxygen atoms in total. The zero-order chi connectivity index (χ0) is 17.8. The van der Waals surface area contributed by atoms with E-state index in [1.807, 2.05) is 35.1 Å². The van der Waals surface area contributed by atoms with Crippen molar-refractivity contribution in [3.05, 3.63) is 71.5 Å². The average molecular weight is 345 g/mol. The summed E-state index contributed by atoms with van der Waals surface area (Å²) in [6.45, 7) is 4.04. The van der Waals surface area contributed by atoms with E-state index in [-0.39, 0.29) is 0 Å². The molecule has 0 atom stereocenters. The number of fused-ring (bicyclic) bond motifs is 1. The van der Waals surface area contributed by atoms with Crippen molar-refractivity contribution in [3.63, 3.8) is 0 Å². The number of rotatable bonds is 5. The van der Waals surface area contributed by atoms with Crippen LogP contribution in [0.1, 0.15) is 29.5 Å². The summed E-state index contributed by atoms with van der Waals surface area (Å²) >= 11 is 0. The van der Waals surface area contributed by atoms with Gasteiger partial charge in [-0.05, 0) is 55.8 Å². The molecule has 0 bridgehead atoms. The second-order valence-electron chi connectivity index (χ2n) is 6.94. The fourth-order valence-corrected chi connectivity index (χ4v) is 3.62. The predicted molar refractivity (Wildman–Crippen MR) is 101 cm³/mol. The van der Waals surface area contributed by atoms with Gasteiger partial charge in [-0.3, -0.25) is 4.90 Å². The molecule has 1 aliphatic heterocycles. The highest BCUT2D eigenvalue weighted by Crippen LogP contribution is 2.16. The van der Waals surface area contributed by atoms with E-state index in [4.69, 9.17) is 5.26 Å². The van der Waals surface area contributed by atoms with E-state index >= 15 is 0 Å². The summed E-state index contributed by atoms with van der Waals surface area (Å²) in [4.78, 5) is 2.49. The third-order valence-electron chi connectivity index (χ3n) is 5.16. The molecule has 3 heterocycles. The summed E-state index contributed by atoms with van der Waals surface area (Å²) < 4.78 is 1.93. The average Bonchev–Trinajstić information content (AvgIpc) is 3.11. The number of nitrogens with one attached hydrogen (secondary N) is 1. The number of nitriles is 1. The Kier molecular flexibility index (Phi) is 4.96. The van der Waals surface area contributed by atoms with E-state index in [1.165, 1.54) is 16.6 Å². The molecule has 1 aromatic carbocycles. The number of nitrogens with zero attached hydrogens (tertiary/aromatic N) is 4. The van der Waals surface area contributed by atoms with Crippen molar-refractivity contribution >= 4 is 5.52 Å². The number of likely N-dealkylation sites (tertiary alicyclic amines) is 1. The lowest BCUT2D eigenvalue weighted by Crippen LogP contribution is -2.41. The summed E-state index contributed by atoms with van der Waals surface area (Å²) in [6, 6.07) is 16.8. The first-order chi connectivity index (χ1) is 12.8. The first kappa shape index (κ1) is 16.8. The van der Waals surface area contributed by atoms with Gasteiger partial charge in [-0.1, -0.05) is 18.2 Å². The van der Waals surface area contributed by atoms with E-state index < -0.39 is 0 Å². The standard InChI is InChI=1S/C21H23N5/c22-13-17-4-6-18(7-5-17)16-25-11-8-20(9-12-25)23-14-19-15-24-26-10-2-1-3-21(19)26/h1-7,10,15,20,23H,8-9,11-12,14,16H2. The normalized spacial score (nSPS) is 16.0. The Hall–Kier alpha value is -2.68. The van der Waals surface area contributed by atoms with Crippen LogP contribution in [0.4, 0.5) is 0 Å². The highest BCUT2D eigenvalue weighted by Gasteiger charge is 2.19. The second-order valence-corrected chi connectivity index (χ2v) is 6.94. The Balaban J connectivity index is 1.26. The van der Waals surface area contributed by atoms with E-state index in [0.29, 0.717) is 6.04 Å². The lowest BCUT2D eigenvalue weighted by molar-refractivity contribution is 0.190. The Morgan fingerprint density at radius 2 is 1.92 bits per heavy atom. The maximum atomic E-state index is 8.88. The van der Waals surface area contributed by atoms with E-state index in [1.54, 1.807) is 0 Å². The molecule has 0 spiro atoms. The van der Waals surface area contributed by atoms with Gasteiger partial charge in [0.1, 0.15) is 0 Å². The van der Waals surface area contributed by atoms with Gasteiger partial charge in [-0.2, -0.15) is 10.4 Å². The van der Waals surface area contributed by atoms with Gasteiger partial charge in [0.2, 0.25) is 0 Å². The monoisotopic (exact) mass is 345 g/mol. The molecule has 0 radical (unpaired) electrons. The number of hydrogen-bond acceptors (Lipinski definition) is 4. The number of benzene rings is 1. The van der Waals surface area contributed by atoms with Crippen LogP contribution in [-0.2, 0) is 13.1 Å². The highest BCUT2D eigenvalue weighted by molar-refractivity contribution is 5.53. The van der Waals surface area contributed by atoms with Crippen LogP contribution < -0.4 is 5.32 Å². The Morgan fingerprint density at radius 3 is 2.69 bits per heavy atom. The van der Waals surface area contributed by atoms with Crippen LogP contribution in [0.5, 0.6) is 0 Å². The summed E-state index contributed by atoms with van der Waals surface area (Å²) in [5.41, 5.74) is 4.44. The molecular formula is C21H23N5. The molecule has 2 aromatic heterocycles. The van der Waals surface area contributed by atoms with Gasteiger partial charge in [-0.25, -0.2) is 4.52 Å². The molecule has 0 saturated carbocycles. The van der Waals surface area contributed by atoms with E-state index in [2.05, 4.69) is 45.7 Å². The molecule has 0 unspecified atom stereocenters. The lowest BCUT2D eigenvalue weighted by atomic mass is 10.0. The Bertz CT molecular complexity index is 898. The van der Waals surface area contributed by atoms with E-state index in [9.17, 15) is 0 Å². The molecule has 1 fully saturated rings. The van der Waals surface area contributed by atoms with Crippen LogP contribution >= 0.6 is 0 Å². The third kappa shape index (κ3) is 3.77. The highest BCUT2D eigenvalue weighted by atomic mass is 15.2. The maximum absolute atomic E-state index is 8.88. The second kappa shape index (κ2) is 7.69. The fourth-order valence-electron chi connectivity index (χ4n) is 3.62. The number of pyridine rings is 1. The van der Waals surface area contributed by atoms with Gasteiger partial charge in [-0.15, -0.1) is 0 Å². The lowest BCUT2D eigenvalue weighted by Gasteiger charge is -2.32. The van der Waals surface area contributed by atoms with Gasteiger partial charge in [0, 0.05) is 30.9 Å². The van der Waals surface area contributed by atoms with Crippen LogP contribution in [0, 0.1) is 11.3 Å².